The van der Waals surface area contributed by atoms with Crippen LogP contribution in [0.4, 0.5) is 17.6 Å². The highest BCUT2D eigenvalue weighted by molar-refractivity contribution is 7.88. The molecule has 1 amide bonds. The molecule has 1 aromatic carbocycles. The molecular formula is C19H20F4N4O5S. The number of piperidine rings is 1. The van der Waals surface area contributed by atoms with Gasteiger partial charge in [0.2, 0.25) is 10.0 Å². The van der Waals surface area contributed by atoms with Crippen molar-refractivity contribution in [3.8, 4) is 17.4 Å². The second-order valence-corrected chi connectivity index (χ2v) is 9.26. The Kier molecular flexibility index (Phi) is 7.07. The van der Waals surface area contributed by atoms with Crippen molar-refractivity contribution >= 4 is 15.9 Å². The first-order chi connectivity index (χ1) is 15.4. The predicted octanol–water partition coefficient (Wildman–Crippen LogP) is 2.59. The van der Waals surface area contributed by atoms with Crippen LogP contribution >= 0.6 is 0 Å². The fourth-order valence-corrected chi connectivity index (χ4v) is 4.12. The number of amides is 1. The van der Waals surface area contributed by atoms with Gasteiger partial charge in [0.1, 0.15) is 11.4 Å². The molecule has 0 bridgehead atoms. The fourth-order valence-electron chi connectivity index (χ4n) is 3.21. The van der Waals surface area contributed by atoms with E-state index in [2.05, 4.69) is 15.5 Å². The second-order valence-electron chi connectivity index (χ2n) is 7.28. The average Bonchev–Trinajstić information content (AvgIpc) is 2.74. The SMILES string of the molecule is COc1cc(F)ccc1Oc1nnc(C(F)(F)F)cc1C(=O)NC1CCCN(S(C)(=O)=O)C1. The van der Waals surface area contributed by atoms with Crippen LogP contribution in [0.25, 0.3) is 0 Å². The highest BCUT2D eigenvalue weighted by Gasteiger charge is 2.36. The van der Waals surface area contributed by atoms with Gasteiger partial charge in [-0.15, -0.1) is 10.2 Å². The summed E-state index contributed by atoms with van der Waals surface area (Å²) >= 11 is 0. The molecule has 33 heavy (non-hydrogen) atoms. The quantitative estimate of drug-likeness (QED) is 0.617. The summed E-state index contributed by atoms with van der Waals surface area (Å²) in [5.74, 6) is -2.38. The van der Waals surface area contributed by atoms with E-state index in [0.29, 0.717) is 18.9 Å². The number of hydrogen-bond donors (Lipinski definition) is 1. The summed E-state index contributed by atoms with van der Waals surface area (Å²) in [7, 11) is -2.28. The summed E-state index contributed by atoms with van der Waals surface area (Å²) in [5.41, 5.74) is -2.01. The molecule has 1 N–H and O–H groups in total. The Morgan fingerprint density at radius 2 is 1.94 bits per heavy atom. The molecule has 2 aromatic rings. The summed E-state index contributed by atoms with van der Waals surface area (Å²) < 4.78 is 88.2. The largest absolute Gasteiger partial charge is 0.493 e. The maximum Gasteiger partial charge on any atom is 0.435 e. The van der Waals surface area contributed by atoms with E-state index in [1.54, 1.807) is 0 Å². The van der Waals surface area contributed by atoms with E-state index in [1.165, 1.54) is 11.4 Å². The Bertz CT molecular complexity index is 1140. The van der Waals surface area contributed by atoms with Crippen LogP contribution in [-0.2, 0) is 16.2 Å². The van der Waals surface area contributed by atoms with Crippen molar-refractivity contribution in [1.82, 2.24) is 19.8 Å². The molecule has 1 saturated heterocycles. The molecule has 1 fully saturated rings. The third-order valence-corrected chi connectivity index (χ3v) is 6.09. The normalized spacial score (nSPS) is 17.5. The molecule has 1 aliphatic rings. The molecule has 9 nitrogen and oxygen atoms in total. The van der Waals surface area contributed by atoms with Crippen molar-refractivity contribution in [3.05, 3.63) is 41.3 Å². The lowest BCUT2D eigenvalue weighted by Crippen LogP contribution is -2.49. The van der Waals surface area contributed by atoms with Gasteiger partial charge in [0.15, 0.2) is 17.2 Å². The van der Waals surface area contributed by atoms with Crippen molar-refractivity contribution in [2.75, 3.05) is 26.5 Å². The van der Waals surface area contributed by atoms with Crippen molar-refractivity contribution in [2.45, 2.75) is 25.1 Å². The number of nitrogens with zero attached hydrogens (tertiary/aromatic N) is 3. The molecule has 0 aliphatic carbocycles. The third kappa shape index (κ3) is 6.07. The van der Waals surface area contributed by atoms with Crippen molar-refractivity contribution < 1.29 is 40.2 Å². The highest BCUT2D eigenvalue weighted by Crippen LogP contribution is 2.34. The molecule has 1 aliphatic heterocycles. The number of hydrogen-bond acceptors (Lipinski definition) is 7. The Labute approximate surface area is 186 Å². The number of sulfonamides is 1. The summed E-state index contributed by atoms with van der Waals surface area (Å²) in [4.78, 5) is 12.9. The van der Waals surface area contributed by atoms with E-state index in [1.807, 2.05) is 0 Å². The molecule has 14 heteroatoms. The van der Waals surface area contributed by atoms with Crippen LogP contribution in [0.5, 0.6) is 17.4 Å². The second kappa shape index (κ2) is 9.47. The summed E-state index contributed by atoms with van der Waals surface area (Å²) in [5, 5.41) is 9.00. The number of rotatable bonds is 6. The van der Waals surface area contributed by atoms with Gasteiger partial charge in [-0.05, 0) is 31.0 Å². The number of alkyl halides is 3. The Morgan fingerprint density at radius 3 is 2.58 bits per heavy atom. The molecule has 3 rings (SSSR count). The maximum absolute atomic E-state index is 13.4. The zero-order valence-electron chi connectivity index (χ0n) is 17.5. The Morgan fingerprint density at radius 1 is 1.21 bits per heavy atom. The standard InChI is InChI=1S/C19H20F4N4O5S/c1-31-15-8-11(20)5-6-14(15)32-18-13(9-16(25-26-18)19(21,22)23)17(28)24-12-4-3-7-27(10-12)33(2,29)30/h5-6,8-9,12H,3-4,7,10H2,1-2H3,(H,24,28). The molecule has 0 spiro atoms. The zero-order chi connectivity index (χ0) is 24.4. The molecule has 1 atom stereocenters. The van der Waals surface area contributed by atoms with Gasteiger partial charge in [-0.25, -0.2) is 17.1 Å². The van der Waals surface area contributed by atoms with Gasteiger partial charge >= 0.3 is 6.18 Å². The van der Waals surface area contributed by atoms with Crippen LogP contribution in [0.15, 0.2) is 24.3 Å². The van der Waals surface area contributed by atoms with Gasteiger partial charge in [-0.2, -0.15) is 13.2 Å². The van der Waals surface area contributed by atoms with E-state index in [4.69, 9.17) is 9.47 Å². The van der Waals surface area contributed by atoms with Crippen molar-refractivity contribution in [3.63, 3.8) is 0 Å². The maximum atomic E-state index is 13.4. The molecule has 1 unspecified atom stereocenters. The minimum atomic E-state index is -4.88. The van der Waals surface area contributed by atoms with E-state index in [9.17, 15) is 30.8 Å². The molecular weight excluding hydrogens is 472 g/mol. The number of benzene rings is 1. The first-order valence-corrected chi connectivity index (χ1v) is 11.5. The smallest absolute Gasteiger partial charge is 0.435 e. The van der Waals surface area contributed by atoms with E-state index in [0.717, 1.165) is 24.5 Å². The molecule has 2 heterocycles. The first kappa shape index (κ1) is 24.6. The topological polar surface area (TPSA) is 111 Å². The zero-order valence-corrected chi connectivity index (χ0v) is 18.3. The number of carbonyl (C=O) groups is 1. The number of methoxy groups -OCH3 is 1. The summed E-state index contributed by atoms with van der Waals surface area (Å²) in [6, 6.07) is 2.99. The van der Waals surface area contributed by atoms with Crippen LogP contribution < -0.4 is 14.8 Å². The van der Waals surface area contributed by atoms with Gasteiger partial charge in [-0.1, -0.05) is 0 Å². The van der Waals surface area contributed by atoms with E-state index >= 15 is 0 Å². The lowest BCUT2D eigenvalue weighted by Gasteiger charge is -2.31. The van der Waals surface area contributed by atoms with Crippen molar-refractivity contribution in [2.24, 2.45) is 0 Å². The third-order valence-electron chi connectivity index (χ3n) is 4.82. The van der Waals surface area contributed by atoms with Gasteiger partial charge < -0.3 is 14.8 Å². The van der Waals surface area contributed by atoms with Crippen LogP contribution in [0.2, 0.25) is 0 Å². The fraction of sp³-hybridized carbons (Fsp3) is 0.421. The number of carbonyl (C=O) groups excluding carboxylic acids is 1. The lowest BCUT2D eigenvalue weighted by atomic mass is 10.1. The Hall–Kier alpha value is -3.00. The monoisotopic (exact) mass is 492 g/mol. The van der Waals surface area contributed by atoms with Crippen LogP contribution in [0, 0.1) is 5.82 Å². The van der Waals surface area contributed by atoms with Crippen LogP contribution in [0.1, 0.15) is 28.9 Å². The Balaban J connectivity index is 1.92. The number of ether oxygens (including phenoxy) is 2. The first-order valence-electron chi connectivity index (χ1n) is 9.61. The number of nitrogens with one attached hydrogen (secondary N) is 1. The minimum absolute atomic E-state index is 0.0306. The highest BCUT2D eigenvalue weighted by atomic mass is 32.2. The molecule has 0 radical (unpaired) electrons. The van der Waals surface area contributed by atoms with Crippen molar-refractivity contribution in [1.29, 1.82) is 0 Å². The van der Waals surface area contributed by atoms with Gasteiger partial charge in [0.25, 0.3) is 11.8 Å². The van der Waals surface area contributed by atoms with Gasteiger partial charge in [-0.3, -0.25) is 4.79 Å². The average molecular weight is 492 g/mol. The number of aromatic nitrogens is 2. The van der Waals surface area contributed by atoms with Crippen LogP contribution in [0.3, 0.4) is 0 Å². The van der Waals surface area contributed by atoms with E-state index in [-0.39, 0.29) is 24.6 Å². The molecule has 180 valence electrons. The summed E-state index contributed by atoms with van der Waals surface area (Å²) in [6.07, 6.45) is -2.98. The van der Waals surface area contributed by atoms with E-state index < -0.39 is 51.1 Å². The lowest BCUT2D eigenvalue weighted by molar-refractivity contribution is -0.141. The number of halogens is 4. The molecule has 1 aromatic heterocycles. The van der Waals surface area contributed by atoms with Gasteiger partial charge in [0, 0.05) is 25.2 Å². The van der Waals surface area contributed by atoms with Gasteiger partial charge in [0.05, 0.1) is 13.4 Å². The summed E-state index contributed by atoms with van der Waals surface area (Å²) in [6.45, 7) is 0.246. The minimum Gasteiger partial charge on any atom is -0.493 e. The molecule has 0 saturated carbocycles. The van der Waals surface area contributed by atoms with Crippen LogP contribution in [-0.4, -0.2) is 61.3 Å². The predicted molar refractivity (Wildman–Crippen MR) is 107 cm³/mol.